The van der Waals surface area contributed by atoms with Gasteiger partial charge in [0.15, 0.2) is 0 Å². The Labute approximate surface area is 85.9 Å². The van der Waals surface area contributed by atoms with E-state index in [9.17, 15) is 4.79 Å². The molecular weight excluding hydrogens is 182 g/mol. The van der Waals surface area contributed by atoms with Crippen LogP contribution in [-0.2, 0) is 4.79 Å². The van der Waals surface area contributed by atoms with Gasteiger partial charge in [-0.15, -0.1) is 0 Å². The molecule has 1 unspecified atom stereocenters. The fourth-order valence-electron chi connectivity index (χ4n) is 1.01. The molecule has 0 radical (unpaired) electrons. The molecule has 1 N–H and O–H groups in total. The molecule has 1 atom stereocenters. The Morgan fingerprint density at radius 1 is 1.38 bits per heavy atom. The van der Waals surface area contributed by atoms with Crippen molar-refractivity contribution in [2.24, 2.45) is 11.8 Å². The Morgan fingerprint density at radius 3 is 2.46 bits per heavy atom. The summed E-state index contributed by atoms with van der Waals surface area (Å²) in [6.45, 7) is 6.87. The van der Waals surface area contributed by atoms with Crippen molar-refractivity contribution in [3.05, 3.63) is 0 Å². The Kier molecular flexibility index (Phi) is 7.14. The zero-order valence-corrected chi connectivity index (χ0v) is 9.91. The summed E-state index contributed by atoms with van der Waals surface area (Å²) in [4.78, 5) is 11.2. The van der Waals surface area contributed by atoms with Crippen LogP contribution in [0.25, 0.3) is 0 Å². The lowest BCUT2D eigenvalue weighted by Gasteiger charge is -2.11. The van der Waals surface area contributed by atoms with E-state index < -0.39 is 0 Å². The van der Waals surface area contributed by atoms with Crippen LogP contribution in [0.4, 0.5) is 0 Å². The van der Waals surface area contributed by atoms with Gasteiger partial charge in [0.1, 0.15) is 0 Å². The maximum absolute atomic E-state index is 11.2. The van der Waals surface area contributed by atoms with Crippen molar-refractivity contribution >= 4 is 17.7 Å². The van der Waals surface area contributed by atoms with Gasteiger partial charge >= 0.3 is 0 Å². The molecule has 78 valence electrons. The average Bonchev–Trinajstić information content (AvgIpc) is 2.04. The third-order valence-corrected chi connectivity index (χ3v) is 2.81. The number of nitrogens with one attached hydrogen (secondary N) is 1. The molecule has 0 aromatic carbocycles. The molecule has 0 aliphatic rings. The van der Waals surface area contributed by atoms with Crippen molar-refractivity contribution in [2.45, 2.75) is 27.2 Å². The van der Waals surface area contributed by atoms with Crippen LogP contribution in [0.3, 0.4) is 0 Å². The smallest absolute Gasteiger partial charge is 0.222 e. The third-order valence-electron chi connectivity index (χ3n) is 1.91. The minimum absolute atomic E-state index is 0.107. The van der Waals surface area contributed by atoms with Crippen LogP contribution >= 0.6 is 11.8 Å². The van der Waals surface area contributed by atoms with E-state index in [0.29, 0.717) is 5.92 Å². The van der Waals surface area contributed by atoms with E-state index in [0.717, 1.165) is 13.0 Å². The predicted octanol–water partition coefficient (Wildman–Crippen LogP) is 2.15. The summed E-state index contributed by atoms with van der Waals surface area (Å²) in [5.41, 5.74) is 0. The van der Waals surface area contributed by atoms with E-state index >= 15 is 0 Å². The summed E-state index contributed by atoms with van der Waals surface area (Å²) in [5.74, 6) is 2.15. The van der Waals surface area contributed by atoms with Crippen LogP contribution in [0.15, 0.2) is 0 Å². The Hall–Kier alpha value is -0.180. The monoisotopic (exact) mass is 203 g/mol. The van der Waals surface area contributed by atoms with Gasteiger partial charge in [-0.1, -0.05) is 20.8 Å². The Morgan fingerprint density at radius 2 is 2.00 bits per heavy atom. The highest BCUT2D eigenvalue weighted by Gasteiger charge is 2.06. The SMILES string of the molecule is CSCC(C)CCNC(=O)C(C)C. The van der Waals surface area contributed by atoms with Gasteiger partial charge in [-0.2, -0.15) is 11.8 Å². The van der Waals surface area contributed by atoms with Gasteiger partial charge < -0.3 is 5.32 Å². The molecule has 0 aromatic rings. The molecule has 2 nitrogen and oxygen atoms in total. The number of amides is 1. The van der Waals surface area contributed by atoms with Gasteiger partial charge in [-0.25, -0.2) is 0 Å². The molecule has 0 aliphatic heterocycles. The van der Waals surface area contributed by atoms with Crippen molar-refractivity contribution in [3.63, 3.8) is 0 Å². The quantitative estimate of drug-likeness (QED) is 0.716. The molecule has 1 amide bonds. The first kappa shape index (κ1) is 12.8. The van der Waals surface area contributed by atoms with Gasteiger partial charge in [0, 0.05) is 12.5 Å². The molecule has 3 heteroatoms. The Balaban J connectivity index is 3.39. The van der Waals surface area contributed by atoms with Gasteiger partial charge in [0.05, 0.1) is 0 Å². The highest BCUT2D eigenvalue weighted by Crippen LogP contribution is 2.07. The molecule has 0 heterocycles. The standard InChI is InChI=1S/C10H21NOS/c1-8(2)10(12)11-6-5-9(3)7-13-4/h8-9H,5-7H2,1-4H3,(H,11,12). The molecule has 13 heavy (non-hydrogen) atoms. The molecule has 0 aromatic heterocycles. The lowest BCUT2D eigenvalue weighted by molar-refractivity contribution is -0.123. The number of rotatable bonds is 6. The van der Waals surface area contributed by atoms with Crippen LogP contribution in [0.5, 0.6) is 0 Å². The first-order chi connectivity index (χ1) is 6.07. The summed E-state index contributed by atoms with van der Waals surface area (Å²) >= 11 is 1.86. The maximum atomic E-state index is 11.2. The Bertz CT molecular complexity index is 148. The van der Waals surface area contributed by atoms with E-state index in [1.807, 2.05) is 25.6 Å². The molecular formula is C10H21NOS. The normalized spacial score (nSPS) is 13.0. The topological polar surface area (TPSA) is 29.1 Å². The lowest BCUT2D eigenvalue weighted by atomic mass is 10.1. The van der Waals surface area contributed by atoms with Crippen LogP contribution in [-0.4, -0.2) is 24.5 Å². The second kappa shape index (κ2) is 7.25. The summed E-state index contributed by atoms with van der Waals surface area (Å²) in [5, 5.41) is 2.92. The first-order valence-corrected chi connectivity index (χ1v) is 6.24. The molecule has 0 saturated heterocycles. The summed E-state index contributed by atoms with van der Waals surface area (Å²) in [6, 6.07) is 0. The zero-order chi connectivity index (χ0) is 10.3. The van der Waals surface area contributed by atoms with Gasteiger partial charge in [-0.3, -0.25) is 4.79 Å². The minimum Gasteiger partial charge on any atom is -0.356 e. The van der Waals surface area contributed by atoms with Crippen LogP contribution in [0.1, 0.15) is 27.2 Å². The number of hydrogen-bond donors (Lipinski definition) is 1. The highest BCUT2D eigenvalue weighted by atomic mass is 32.2. The molecule has 0 bridgehead atoms. The van der Waals surface area contributed by atoms with Crippen molar-refractivity contribution in [1.29, 1.82) is 0 Å². The van der Waals surface area contributed by atoms with Crippen molar-refractivity contribution in [2.75, 3.05) is 18.6 Å². The lowest BCUT2D eigenvalue weighted by Crippen LogP contribution is -2.29. The summed E-state index contributed by atoms with van der Waals surface area (Å²) < 4.78 is 0. The number of carbonyl (C=O) groups excluding carboxylic acids is 1. The number of thioether (sulfide) groups is 1. The average molecular weight is 203 g/mol. The van der Waals surface area contributed by atoms with Crippen molar-refractivity contribution < 1.29 is 4.79 Å². The van der Waals surface area contributed by atoms with Crippen LogP contribution < -0.4 is 5.32 Å². The van der Waals surface area contributed by atoms with Crippen molar-refractivity contribution in [3.8, 4) is 0 Å². The van der Waals surface area contributed by atoms with E-state index in [1.165, 1.54) is 5.75 Å². The van der Waals surface area contributed by atoms with Gasteiger partial charge in [0.2, 0.25) is 5.91 Å². The fourth-order valence-corrected chi connectivity index (χ4v) is 1.75. The van der Waals surface area contributed by atoms with Crippen LogP contribution in [0.2, 0.25) is 0 Å². The predicted molar refractivity (Wildman–Crippen MR) is 60.0 cm³/mol. The minimum atomic E-state index is 0.107. The highest BCUT2D eigenvalue weighted by molar-refractivity contribution is 7.98. The fraction of sp³-hybridized carbons (Fsp3) is 0.900. The van der Waals surface area contributed by atoms with E-state index in [-0.39, 0.29) is 11.8 Å². The second-order valence-corrected chi connectivity index (χ2v) is 4.71. The molecule has 0 rings (SSSR count). The molecule has 0 aliphatic carbocycles. The molecule has 0 saturated carbocycles. The van der Waals surface area contributed by atoms with E-state index in [1.54, 1.807) is 0 Å². The zero-order valence-electron chi connectivity index (χ0n) is 9.09. The largest absolute Gasteiger partial charge is 0.356 e. The number of hydrogen-bond acceptors (Lipinski definition) is 2. The summed E-state index contributed by atoms with van der Waals surface area (Å²) in [7, 11) is 0. The molecule has 0 spiro atoms. The van der Waals surface area contributed by atoms with Gasteiger partial charge in [-0.05, 0) is 24.3 Å². The molecule has 0 fully saturated rings. The third kappa shape index (κ3) is 6.94. The van der Waals surface area contributed by atoms with E-state index in [4.69, 9.17) is 0 Å². The summed E-state index contributed by atoms with van der Waals surface area (Å²) in [6.07, 6.45) is 3.20. The van der Waals surface area contributed by atoms with Crippen LogP contribution in [0, 0.1) is 11.8 Å². The maximum Gasteiger partial charge on any atom is 0.222 e. The number of carbonyl (C=O) groups is 1. The van der Waals surface area contributed by atoms with Crippen molar-refractivity contribution in [1.82, 2.24) is 5.32 Å². The van der Waals surface area contributed by atoms with E-state index in [2.05, 4.69) is 18.5 Å². The first-order valence-electron chi connectivity index (χ1n) is 4.84. The second-order valence-electron chi connectivity index (χ2n) is 3.79. The van der Waals surface area contributed by atoms with Gasteiger partial charge in [0.25, 0.3) is 0 Å².